The van der Waals surface area contributed by atoms with Crippen LogP contribution in [0.4, 0.5) is 9.18 Å². The Morgan fingerprint density at radius 2 is 2.33 bits per heavy atom. The molecule has 24 heavy (non-hydrogen) atoms. The SMILES string of the molecule is O=C(NCCc1cc(F)cc2c1OCOC2)N1CCCC(CO)C1. The van der Waals surface area contributed by atoms with E-state index in [0.29, 0.717) is 44.0 Å². The summed E-state index contributed by atoms with van der Waals surface area (Å²) in [6, 6.07) is 2.72. The predicted molar refractivity (Wildman–Crippen MR) is 85.2 cm³/mol. The lowest BCUT2D eigenvalue weighted by Crippen LogP contribution is -2.46. The van der Waals surface area contributed by atoms with Crippen molar-refractivity contribution in [3.05, 3.63) is 29.1 Å². The fourth-order valence-electron chi connectivity index (χ4n) is 3.26. The van der Waals surface area contributed by atoms with Gasteiger partial charge in [0.1, 0.15) is 11.6 Å². The van der Waals surface area contributed by atoms with Crippen molar-refractivity contribution in [2.75, 3.05) is 33.0 Å². The largest absolute Gasteiger partial charge is 0.467 e. The fraction of sp³-hybridized carbons (Fsp3) is 0.588. The van der Waals surface area contributed by atoms with Gasteiger partial charge in [0.05, 0.1) is 6.61 Å². The van der Waals surface area contributed by atoms with E-state index in [0.717, 1.165) is 18.4 Å². The first-order valence-electron chi connectivity index (χ1n) is 8.33. The summed E-state index contributed by atoms with van der Waals surface area (Å²) in [4.78, 5) is 13.9. The highest BCUT2D eigenvalue weighted by molar-refractivity contribution is 5.74. The number of aliphatic hydroxyl groups is 1. The number of aliphatic hydroxyl groups excluding tert-OH is 1. The highest BCUT2D eigenvalue weighted by Gasteiger charge is 2.23. The topological polar surface area (TPSA) is 71.0 Å². The van der Waals surface area contributed by atoms with Gasteiger partial charge in [0.2, 0.25) is 0 Å². The van der Waals surface area contributed by atoms with Gasteiger partial charge in [-0.1, -0.05) is 0 Å². The van der Waals surface area contributed by atoms with E-state index in [1.807, 2.05) is 0 Å². The number of benzene rings is 1. The quantitative estimate of drug-likeness (QED) is 0.876. The van der Waals surface area contributed by atoms with Gasteiger partial charge in [0, 0.05) is 31.8 Å². The van der Waals surface area contributed by atoms with Crippen LogP contribution < -0.4 is 10.1 Å². The molecule has 0 bridgehead atoms. The Kier molecular flexibility index (Phi) is 5.52. The Hall–Kier alpha value is -1.86. The number of urea groups is 1. The normalized spacial score (nSPS) is 20.2. The molecular formula is C17H23FN2O4. The molecule has 6 nitrogen and oxygen atoms in total. The van der Waals surface area contributed by atoms with Crippen LogP contribution in [0.5, 0.6) is 5.75 Å². The van der Waals surface area contributed by atoms with Gasteiger partial charge >= 0.3 is 6.03 Å². The maximum absolute atomic E-state index is 13.7. The van der Waals surface area contributed by atoms with Crippen molar-refractivity contribution in [2.45, 2.75) is 25.9 Å². The van der Waals surface area contributed by atoms with E-state index in [2.05, 4.69) is 5.32 Å². The number of piperidine rings is 1. The summed E-state index contributed by atoms with van der Waals surface area (Å²) in [5.74, 6) is 0.495. The fourth-order valence-corrected chi connectivity index (χ4v) is 3.26. The molecule has 0 radical (unpaired) electrons. The number of ether oxygens (including phenoxy) is 2. The van der Waals surface area contributed by atoms with Crippen LogP contribution in [0.25, 0.3) is 0 Å². The van der Waals surface area contributed by atoms with Crippen LogP contribution in [0.15, 0.2) is 12.1 Å². The molecule has 0 saturated carbocycles. The molecule has 2 heterocycles. The molecule has 0 aliphatic carbocycles. The molecule has 2 aliphatic heterocycles. The number of halogens is 1. The zero-order valence-corrected chi connectivity index (χ0v) is 13.6. The second-order valence-corrected chi connectivity index (χ2v) is 6.28. The Labute approximate surface area is 140 Å². The number of nitrogens with one attached hydrogen (secondary N) is 1. The summed E-state index contributed by atoms with van der Waals surface area (Å²) in [5, 5.41) is 12.1. The summed E-state index contributed by atoms with van der Waals surface area (Å²) in [5.41, 5.74) is 1.44. The van der Waals surface area contributed by atoms with Crippen molar-refractivity contribution in [1.29, 1.82) is 0 Å². The van der Waals surface area contributed by atoms with Gasteiger partial charge in [-0.15, -0.1) is 0 Å². The summed E-state index contributed by atoms with van der Waals surface area (Å²) in [6.45, 7) is 2.30. The Balaban J connectivity index is 1.55. The van der Waals surface area contributed by atoms with Crippen molar-refractivity contribution in [3.63, 3.8) is 0 Å². The lowest BCUT2D eigenvalue weighted by Gasteiger charge is -2.31. The van der Waals surface area contributed by atoms with Gasteiger partial charge in [-0.05, 0) is 42.9 Å². The summed E-state index contributed by atoms with van der Waals surface area (Å²) >= 11 is 0. The molecule has 2 N–H and O–H groups in total. The molecule has 0 aromatic heterocycles. The number of hydrogen-bond donors (Lipinski definition) is 2. The third-order valence-electron chi connectivity index (χ3n) is 4.49. The Bertz CT molecular complexity index is 596. The van der Waals surface area contributed by atoms with E-state index in [9.17, 15) is 14.3 Å². The lowest BCUT2D eigenvalue weighted by molar-refractivity contribution is -0.0172. The van der Waals surface area contributed by atoms with Gasteiger partial charge < -0.3 is 24.8 Å². The summed E-state index contributed by atoms with van der Waals surface area (Å²) in [7, 11) is 0. The van der Waals surface area contributed by atoms with Crippen LogP contribution in [0.2, 0.25) is 0 Å². The molecule has 1 aromatic carbocycles. The second kappa shape index (κ2) is 7.81. The Morgan fingerprint density at radius 3 is 3.17 bits per heavy atom. The summed E-state index contributed by atoms with van der Waals surface area (Å²) < 4.78 is 24.3. The number of carbonyl (C=O) groups excluding carboxylic acids is 1. The number of rotatable bonds is 4. The molecule has 1 aromatic rings. The standard InChI is InChI=1S/C17H23FN2O4/c18-15-6-13(16-14(7-15)10-23-11-24-16)3-4-19-17(22)20-5-1-2-12(8-20)9-21/h6-7,12,21H,1-5,8-11H2,(H,19,22). The number of amides is 2. The molecular weight excluding hydrogens is 315 g/mol. The maximum Gasteiger partial charge on any atom is 0.317 e. The van der Waals surface area contributed by atoms with Crippen molar-refractivity contribution in [3.8, 4) is 5.75 Å². The number of carbonyl (C=O) groups is 1. The van der Waals surface area contributed by atoms with Gasteiger partial charge in [-0.25, -0.2) is 9.18 Å². The minimum absolute atomic E-state index is 0.110. The molecule has 1 fully saturated rings. The first-order chi connectivity index (χ1) is 11.7. The highest BCUT2D eigenvalue weighted by Crippen LogP contribution is 2.29. The van der Waals surface area contributed by atoms with Crippen LogP contribution in [-0.4, -0.2) is 49.1 Å². The summed E-state index contributed by atoms with van der Waals surface area (Å²) in [6.07, 6.45) is 2.35. The number of likely N-dealkylation sites (tertiary alicyclic amines) is 1. The van der Waals surface area contributed by atoms with E-state index < -0.39 is 0 Å². The van der Waals surface area contributed by atoms with Gasteiger partial charge in [-0.2, -0.15) is 0 Å². The van der Waals surface area contributed by atoms with Crippen molar-refractivity contribution < 1.29 is 23.8 Å². The molecule has 1 unspecified atom stereocenters. The van der Waals surface area contributed by atoms with Crippen LogP contribution in [0.3, 0.4) is 0 Å². The van der Waals surface area contributed by atoms with Crippen molar-refractivity contribution >= 4 is 6.03 Å². The third-order valence-corrected chi connectivity index (χ3v) is 4.49. The molecule has 0 spiro atoms. The molecule has 3 rings (SSSR count). The maximum atomic E-state index is 13.7. The first-order valence-corrected chi connectivity index (χ1v) is 8.33. The van der Waals surface area contributed by atoms with Crippen LogP contribution in [0, 0.1) is 11.7 Å². The van der Waals surface area contributed by atoms with Gasteiger partial charge in [-0.3, -0.25) is 0 Å². The van der Waals surface area contributed by atoms with E-state index >= 15 is 0 Å². The molecule has 132 valence electrons. The first kappa shape index (κ1) is 17.0. The second-order valence-electron chi connectivity index (χ2n) is 6.28. The highest BCUT2D eigenvalue weighted by atomic mass is 19.1. The van der Waals surface area contributed by atoms with E-state index in [4.69, 9.17) is 9.47 Å². The number of fused-ring (bicyclic) bond motifs is 1. The van der Waals surface area contributed by atoms with E-state index in [1.54, 1.807) is 4.90 Å². The van der Waals surface area contributed by atoms with Crippen LogP contribution in [-0.2, 0) is 17.8 Å². The lowest BCUT2D eigenvalue weighted by atomic mass is 9.99. The van der Waals surface area contributed by atoms with Crippen molar-refractivity contribution in [1.82, 2.24) is 10.2 Å². The zero-order chi connectivity index (χ0) is 16.9. The average molecular weight is 338 g/mol. The number of nitrogens with zero attached hydrogens (tertiary/aromatic N) is 1. The molecule has 7 heteroatoms. The molecule has 1 saturated heterocycles. The predicted octanol–water partition coefficient (Wildman–Crippen LogP) is 1.65. The molecule has 2 aliphatic rings. The van der Waals surface area contributed by atoms with Crippen molar-refractivity contribution in [2.24, 2.45) is 5.92 Å². The number of hydrogen-bond acceptors (Lipinski definition) is 4. The Morgan fingerprint density at radius 1 is 1.46 bits per heavy atom. The van der Waals surface area contributed by atoms with E-state index in [-0.39, 0.29) is 31.2 Å². The van der Waals surface area contributed by atoms with E-state index in [1.165, 1.54) is 12.1 Å². The van der Waals surface area contributed by atoms with Gasteiger partial charge in [0.25, 0.3) is 0 Å². The zero-order valence-electron chi connectivity index (χ0n) is 13.6. The van der Waals surface area contributed by atoms with Crippen LogP contribution >= 0.6 is 0 Å². The minimum atomic E-state index is -0.328. The third kappa shape index (κ3) is 3.96. The van der Waals surface area contributed by atoms with Crippen LogP contribution in [0.1, 0.15) is 24.0 Å². The monoisotopic (exact) mass is 338 g/mol. The van der Waals surface area contributed by atoms with Gasteiger partial charge in [0.15, 0.2) is 6.79 Å². The molecule has 1 atom stereocenters. The minimum Gasteiger partial charge on any atom is -0.467 e. The molecule has 2 amide bonds. The average Bonchev–Trinajstić information content (AvgIpc) is 2.61. The smallest absolute Gasteiger partial charge is 0.317 e.